The molecule has 0 bridgehead atoms. The van der Waals surface area contributed by atoms with Gasteiger partial charge in [0.2, 0.25) is 11.7 Å². The van der Waals surface area contributed by atoms with Gasteiger partial charge in [-0.25, -0.2) is 13.8 Å². The monoisotopic (exact) mass is 361 g/mol. The molecule has 0 spiro atoms. The first kappa shape index (κ1) is 17.2. The van der Waals surface area contributed by atoms with E-state index in [-0.39, 0.29) is 11.6 Å². The first-order valence-electron chi connectivity index (χ1n) is 7.17. The number of nitrogens with one attached hydrogen (secondary N) is 1. The van der Waals surface area contributed by atoms with Gasteiger partial charge >= 0.3 is 0 Å². The predicted molar refractivity (Wildman–Crippen MR) is 84.5 cm³/mol. The lowest BCUT2D eigenvalue weighted by atomic mass is 10.1. The summed E-state index contributed by atoms with van der Waals surface area (Å²) in [6, 6.07) is 6.54. The molecule has 0 aliphatic heterocycles. The van der Waals surface area contributed by atoms with E-state index in [1.807, 2.05) is 0 Å². The largest absolute Gasteiger partial charge is 0.503 e. The van der Waals surface area contributed by atoms with Gasteiger partial charge in [-0.1, -0.05) is 0 Å². The third-order valence-corrected chi connectivity index (χ3v) is 3.23. The van der Waals surface area contributed by atoms with Gasteiger partial charge in [0.15, 0.2) is 17.4 Å². The Bertz CT molecular complexity index is 951. The molecule has 0 radical (unpaired) electrons. The first-order chi connectivity index (χ1) is 12.5. The molecule has 26 heavy (non-hydrogen) atoms. The van der Waals surface area contributed by atoms with Crippen LogP contribution in [-0.2, 0) is 0 Å². The quantitative estimate of drug-likeness (QED) is 0.693. The standard InChI is InChI=1S/C17H10F3N3O3/c18-12-6-11(14(19)16(24)15(12)20)17(25)23-9-3-4-13(22-7-9)26-10-2-1-5-21-8-10/h1-8,24H,(H,23,25). The van der Waals surface area contributed by atoms with Crippen LogP contribution in [0, 0.1) is 17.5 Å². The molecule has 0 saturated heterocycles. The summed E-state index contributed by atoms with van der Waals surface area (Å²) in [5.74, 6) is -6.85. The van der Waals surface area contributed by atoms with Crippen molar-refractivity contribution >= 4 is 11.6 Å². The van der Waals surface area contributed by atoms with Crippen LogP contribution >= 0.6 is 0 Å². The summed E-state index contributed by atoms with van der Waals surface area (Å²) in [5.41, 5.74) is -0.700. The zero-order valence-corrected chi connectivity index (χ0v) is 12.9. The number of rotatable bonds is 4. The Morgan fingerprint density at radius 3 is 2.58 bits per heavy atom. The topological polar surface area (TPSA) is 84.3 Å². The fraction of sp³-hybridized carbons (Fsp3) is 0. The number of aromatic hydroxyl groups is 1. The summed E-state index contributed by atoms with van der Waals surface area (Å²) in [6.45, 7) is 0. The summed E-state index contributed by atoms with van der Waals surface area (Å²) in [5, 5.41) is 11.4. The smallest absolute Gasteiger partial charge is 0.258 e. The highest BCUT2D eigenvalue weighted by Gasteiger charge is 2.22. The Balaban J connectivity index is 1.74. The molecular weight excluding hydrogens is 351 g/mol. The fourth-order valence-corrected chi connectivity index (χ4v) is 2.00. The van der Waals surface area contributed by atoms with E-state index in [4.69, 9.17) is 9.84 Å². The van der Waals surface area contributed by atoms with Crippen molar-refractivity contribution in [3.8, 4) is 17.4 Å². The number of anilines is 1. The number of nitrogens with zero attached hydrogens (tertiary/aromatic N) is 2. The van der Waals surface area contributed by atoms with Crippen LogP contribution in [0.5, 0.6) is 17.4 Å². The van der Waals surface area contributed by atoms with Gasteiger partial charge in [0, 0.05) is 12.3 Å². The Hall–Kier alpha value is -3.62. The van der Waals surface area contributed by atoms with Gasteiger partial charge in [0.25, 0.3) is 5.91 Å². The van der Waals surface area contributed by atoms with E-state index < -0.39 is 34.7 Å². The number of halogens is 3. The normalized spacial score (nSPS) is 10.4. The Kier molecular flexibility index (Phi) is 4.70. The van der Waals surface area contributed by atoms with Gasteiger partial charge in [-0.2, -0.15) is 4.39 Å². The second-order valence-electron chi connectivity index (χ2n) is 5.01. The number of phenolic OH excluding ortho intramolecular Hbond substituents is 1. The molecule has 3 rings (SSSR count). The summed E-state index contributed by atoms with van der Waals surface area (Å²) in [4.78, 5) is 19.8. The highest BCUT2D eigenvalue weighted by molar-refractivity contribution is 6.04. The first-order valence-corrected chi connectivity index (χ1v) is 7.17. The zero-order chi connectivity index (χ0) is 18.7. The molecule has 9 heteroatoms. The number of ether oxygens (including phenoxy) is 1. The van der Waals surface area contributed by atoms with Crippen LogP contribution in [0.1, 0.15) is 10.4 Å². The van der Waals surface area contributed by atoms with Gasteiger partial charge in [0.05, 0.1) is 23.6 Å². The van der Waals surface area contributed by atoms with Gasteiger partial charge in [-0.15, -0.1) is 0 Å². The molecule has 0 aliphatic carbocycles. The maximum atomic E-state index is 13.7. The van der Waals surface area contributed by atoms with Gasteiger partial charge < -0.3 is 15.2 Å². The number of carbonyl (C=O) groups excluding carboxylic acids is 1. The van der Waals surface area contributed by atoms with Crippen molar-refractivity contribution in [1.29, 1.82) is 0 Å². The van der Waals surface area contributed by atoms with Gasteiger partial charge in [0.1, 0.15) is 5.75 Å². The number of amides is 1. The second-order valence-corrected chi connectivity index (χ2v) is 5.01. The highest BCUT2D eigenvalue weighted by atomic mass is 19.2. The Labute approximate surface area is 144 Å². The number of aromatic nitrogens is 2. The van der Waals surface area contributed by atoms with Crippen molar-refractivity contribution in [2.24, 2.45) is 0 Å². The molecule has 2 heterocycles. The lowest BCUT2D eigenvalue weighted by molar-refractivity contribution is 0.102. The molecule has 0 saturated carbocycles. The number of carbonyl (C=O) groups is 1. The summed E-state index contributed by atoms with van der Waals surface area (Å²) in [6.07, 6.45) is 4.28. The van der Waals surface area contributed by atoms with E-state index in [0.717, 1.165) is 0 Å². The maximum Gasteiger partial charge on any atom is 0.258 e. The molecule has 3 aromatic rings. The second kappa shape index (κ2) is 7.09. The maximum absolute atomic E-state index is 13.7. The minimum Gasteiger partial charge on any atom is -0.503 e. The summed E-state index contributed by atoms with van der Waals surface area (Å²) in [7, 11) is 0. The van der Waals surface area contributed by atoms with E-state index >= 15 is 0 Å². The number of hydrogen-bond donors (Lipinski definition) is 2. The SMILES string of the molecule is O=C(Nc1ccc(Oc2cccnc2)nc1)c1cc(F)c(F)c(O)c1F. The molecule has 0 atom stereocenters. The van der Waals surface area contributed by atoms with E-state index in [9.17, 15) is 18.0 Å². The summed E-state index contributed by atoms with van der Waals surface area (Å²) >= 11 is 0. The number of pyridine rings is 2. The van der Waals surface area contributed by atoms with E-state index in [0.29, 0.717) is 11.8 Å². The molecule has 0 unspecified atom stereocenters. The van der Waals surface area contributed by atoms with Crippen LogP contribution in [0.3, 0.4) is 0 Å². The summed E-state index contributed by atoms with van der Waals surface area (Å²) < 4.78 is 45.5. The van der Waals surface area contributed by atoms with Gasteiger partial charge in [-0.05, 0) is 24.3 Å². The highest BCUT2D eigenvalue weighted by Crippen LogP contribution is 2.26. The molecule has 1 amide bonds. The minimum atomic E-state index is -1.77. The average Bonchev–Trinajstić information content (AvgIpc) is 2.65. The van der Waals surface area contributed by atoms with Crippen molar-refractivity contribution < 1.29 is 27.8 Å². The minimum absolute atomic E-state index is 0.150. The van der Waals surface area contributed by atoms with Gasteiger partial charge in [-0.3, -0.25) is 9.78 Å². The van der Waals surface area contributed by atoms with E-state index in [1.165, 1.54) is 24.5 Å². The van der Waals surface area contributed by atoms with E-state index in [2.05, 4.69) is 15.3 Å². The molecule has 0 fully saturated rings. The third-order valence-electron chi connectivity index (χ3n) is 3.23. The van der Waals surface area contributed by atoms with E-state index in [1.54, 1.807) is 18.3 Å². The molecule has 2 aromatic heterocycles. The van der Waals surface area contributed by atoms with Crippen molar-refractivity contribution in [1.82, 2.24) is 9.97 Å². The van der Waals surface area contributed by atoms with Crippen LogP contribution in [0.15, 0.2) is 48.9 Å². The van der Waals surface area contributed by atoms with Crippen LogP contribution < -0.4 is 10.1 Å². The lowest BCUT2D eigenvalue weighted by Gasteiger charge is -2.09. The van der Waals surface area contributed by atoms with Crippen LogP contribution in [0.4, 0.5) is 18.9 Å². The zero-order valence-electron chi connectivity index (χ0n) is 12.9. The molecular formula is C17H10F3N3O3. The van der Waals surface area contributed by atoms with Crippen molar-refractivity contribution in [2.45, 2.75) is 0 Å². The molecule has 6 nitrogen and oxygen atoms in total. The molecule has 132 valence electrons. The Morgan fingerprint density at radius 1 is 1.12 bits per heavy atom. The van der Waals surface area contributed by atoms with Crippen molar-refractivity contribution in [3.05, 3.63) is 71.9 Å². The molecule has 2 N–H and O–H groups in total. The van der Waals surface area contributed by atoms with Crippen LogP contribution in [-0.4, -0.2) is 21.0 Å². The van der Waals surface area contributed by atoms with Crippen molar-refractivity contribution in [2.75, 3.05) is 5.32 Å². The third kappa shape index (κ3) is 3.56. The average molecular weight is 361 g/mol. The Morgan fingerprint density at radius 2 is 1.92 bits per heavy atom. The van der Waals surface area contributed by atoms with Crippen LogP contribution in [0.2, 0.25) is 0 Å². The van der Waals surface area contributed by atoms with Crippen molar-refractivity contribution in [3.63, 3.8) is 0 Å². The number of benzene rings is 1. The molecule has 0 aliphatic rings. The predicted octanol–water partition coefficient (Wildman–Crippen LogP) is 3.64. The lowest BCUT2D eigenvalue weighted by Crippen LogP contribution is -2.15. The number of phenols is 1. The van der Waals surface area contributed by atoms with Crippen LogP contribution in [0.25, 0.3) is 0 Å². The fourth-order valence-electron chi connectivity index (χ4n) is 2.00. The molecule has 1 aromatic carbocycles. The number of hydrogen-bond acceptors (Lipinski definition) is 5.